The maximum absolute atomic E-state index is 14.6. The number of carbonyl (C=O) groups excluding carboxylic acids is 9. The summed E-state index contributed by atoms with van der Waals surface area (Å²) in [5.74, 6) is -7.09. The van der Waals surface area contributed by atoms with Gasteiger partial charge in [-0.25, -0.2) is 0 Å². The number of para-hydroxylation sites is 1. The molecule has 1 saturated heterocycles. The van der Waals surface area contributed by atoms with Crippen LogP contribution in [0.25, 0.3) is 10.9 Å². The molecule has 1 aromatic heterocycles. The zero-order valence-electron chi connectivity index (χ0n) is 41.3. The van der Waals surface area contributed by atoms with E-state index < -0.39 is 100 Å². The molecule has 3 aromatic rings. The van der Waals surface area contributed by atoms with Crippen LogP contribution in [0.5, 0.6) is 0 Å². The van der Waals surface area contributed by atoms with Gasteiger partial charge in [0, 0.05) is 60.3 Å². The number of primary amides is 2. The minimum atomic E-state index is -1.49. The van der Waals surface area contributed by atoms with Crippen molar-refractivity contribution in [3.63, 3.8) is 0 Å². The van der Waals surface area contributed by atoms with Crippen LogP contribution in [0.2, 0.25) is 0 Å². The normalized spacial score (nSPS) is 21.9. The van der Waals surface area contributed by atoms with E-state index in [1.54, 1.807) is 50.4 Å². The number of hydrogen-bond acceptors (Lipinski definition) is 13. The third-order valence-electron chi connectivity index (χ3n) is 11.8. The number of aliphatic imine (C=N–C) groups is 1. The Kier molecular flexibility index (Phi) is 23.3. The molecule has 2 heterocycles. The molecule has 2 aromatic carbocycles. The van der Waals surface area contributed by atoms with E-state index >= 15 is 0 Å². The number of nitrogens with zero attached hydrogens (tertiary/aromatic N) is 1. The van der Waals surface area contributed by atoms with Gasteiger partial charge in [0.25, 0.3) is 0 Å². The van der Waals surface area contributed by atoms with Crippen molar-refractivity contribution in [1.82, 2.24) is 42.2 Å². The van der Waals surface area contributed by atoms with Crippen molar-refractivity contribution in [3.8, 4) is 0 Å². The number of aromatic amines is 1. The van der Waals surface area contributed by atoms with Crippen molar-refractivity contribution in [2.45, 2.75) is 132 Å². The Bertz CT molecular complexity index is 2430. The second-order valence-corrected chi connectivity index (χ2v) is 21.3. The Balaban J connectivity index is 1.84. The summed E-state index contributed by atoms with van der Waals surface area (Å²) in [6.45, 7) is 4.99. The van der Waals surface area contributed by atoms with Gasteiger partial charge in [-0.05, 0) is 82.5 Å². The van der Waals surface area contributed by atoms with Crippen molar-refractivity contribution < 1.29 is 43.2 Å². The number of hydrogen-bond donors (Lipinski definition) is 13. The minimum absolute atomic E-state index is 0.0569. The topological polar surface area (TPSA) is 396 Å². The molecule has 73 heavy (non-hydrogen) atoms. The number of unbranched alkanes of at least 4 members (excludes halogenated alkanes) is 1. The molecule has 0 spiro atoms. The van der Waals surface area contributed by atoms with Crippen LogP contribution in [0, 0.1) is 0 Å². The number of rotatable bonds is 19. The number of carbonyl (C=O) groups is 9. The molecular formula is C48H70N14O9S2. The molecule has 4 rings (SSSR count). The number of benzene rings is 2. The summed E-state index contributed by atoms with van der Waals surface area (Å²) in [4.78, 5) is 131. The van der Waals surface area contributed by atoms with Gasteiger partial charge >= 0.3 is 0 Å². The number of amides is 9. The van der Waals surface area contributed by atoms with Crippen molar-refractivity contribution >= 4 is 91.6 Å². The van der Waals surface area contributed by atoms with Gasteiger partial charge in [0.05, 0.1) is 0 Å². The fourth-order valence-corrected chi connectivity index (χ4v) is 10.7. The van der Waals surface area contributed by atoms with Gasteiger partial charge in [-0.15, -0.1) is 0 Å². The molecule has 0 unspecified atom stereocenters. The molecular weight excluding hydrogens is 981 g/mol. The van der Waals surface area contributed by atoms with Gasteiger partial charge in [0.1, 0.15) is 42.3 Å². The van der Waals surface area contributed by atoms with Crippen molar-refractivity contribution in [3.05, 3.63) is 71.9 Å². The van der Waals surface area contributed by atoms with Gasteiger partial charge in [0.2, 0.25) is 53.2 Å². The van der Waals surface area contributed by atoms with E-state index in [0.29, 0.717) is 30.5 Å². The highest BCUT2D eigenvalue weighted by atomic mass is 33.1. The van der Waals surface area contributed by atoms with Gasteiger partial charge < -0.3 is 70.9 Å². The third-order valence-corrected chi connectivity index (χ3v) is 15.2. The molecule has 25 heteroatoms. The first-order chi connectivity index (χ1) is 34.7. The van der Waals surface area contributed by atoms with Crippen LogP contribution in [-0.2, 0) is 56.0 Å². The van der Waals surface area contributed by atoms with Crippen LogP contribution < -0.4 is 65.9 Å². The SMILES string of the molecule is CC(=O)N[C@@H](CCCCN)C(=O)N[C@H]1CCSSC(C)(C)[C@@H](C(N)=O)NC(=O)[C@H](Cc2c[nH]c3ccccc23)NC(=O)[C@H](CCCN=C(N)N)NC(=O)[C@@H](Cc2ccccc2)NC(=O)[C@H](CCC(N)=O)NC1=O. The fourth-order valence-electron chi connectivity index (χ4n) is 7.99. The first kappa shape index (κ1) is 58.7. The number of nitrogens with two attached hydrogens (primary N) is 5. The lowest BCUT2D eigenvalue weighted by atomic mass is 9.99. The predicted octanol–water partition coefficient (Wildman–Crippen LogP) is -1.14. The number of fused-ring (bicyclic) bond motifs is 1. The summed E-state index contributed by atoms with van der Waals surface area (Å²) in [5, 5.41) is 19.7. The van der Waals surface area contributed by atoms with Crippen molar-refractivity contribution in [1.29, 1.82) is 0 Å². The van der Waals surface area contributed by atoms with Crippen molar-refractivity contribution in [2.75, 3.05) is 18.8 Å². The molecule has 7 atom stereocenters. The largest absolute Gasteiger partial charge is 0.370 e. The summed E-state index contributed by atoms with van der Waals surface area (Å²) in [6, 6.07) is 6.61. The summed E-state index contributed by atoms with van der Waals surface area (Å²) in [5.41, 5.74) is 30.3. The lowest BCUT2D eigenvalue weighted by molar-refractivity contribution is -0.136. The Morgan fingerprint density at radius 1 is 0.753 bits per heavy atom. The molecule has 0 aliphatic carbocycles. The number of guanidine groups is 1. The van der Waals surface area contributed by atoms with Crippen LogP contribution in [0.15, 0.2) is 65.8 Å². The molecule has 9 amide bonds. The Labute approximate surface area is 431 Å². The molecule has 0 saturated carbocycles. The predicted molar refractivity (Wildman–Crippen MR) is 281 cm³/mol. The fraction of sp³-hybridized carbons (Fsp3) is 0.500. The smallest absolute Gasteiger partial charge is 0.243 e. The van der Waals surface area contributed by atoms with Gasteiger partial charge in [-0.1, -0.05) is 70.1 Å². The minimum Gasteiger partial charge on any atom is -0.370 e. The third kappa shape index (κ3) is 19.3. The highest BCUT2D eigenvalue weighted by molar-refractivity contribution is 8.77. The van der Waals surface area contributed by atoms with E-state index in [0.717, 1.165) is 21.7 Å². The maximum atomic E-state index is 14.6. The van der Waals surface area contributed by atoms with Crippen LogP contribution in [-0.4, -0.2) is 130 Å². The highest BCUT2D eigenvalue weighted by Crippen LogP contribution is 2.39. The van der Waals surface area contributed by atoms with E-state index in [-0.39, 0.29) is 69.6 Å². The molecule has 0 bridgehead atoms. The van der Waals surface area contributed by atoms with Crippen LogP contribution in [0.4, 0.5) is 0 Å². The monoisotopic (exact) mass is 1050 g/mol. The van der Waals surface area contributed by atoms with Crippen molar-refractivity contribution in [2.24, 2.45) is 33.7 Å². The van der Waals surface area contributed by atoms with E-state index in [9.17, 15) is 43.2 Å². The molecule has 1 aliphatic heterocycles. The molecule has 0 radical (unpaired) electrons. The summed E-state index contributed by atoms with van der Waals surface area (Å²) >= 11 is 0. The summed E-state index contributed by atoms with van der Waals surface area (Å²) in [7, 11) is 2.36. The lowest BCUT2D eigenvalue weighted by Gasteiger charge is -2.33. The van der Waals surface area contributed by atoms with E-state index in [1.807, 2.05) is 24.3 Å². The quantitative estimate of drug-likeness (QED) is 0.0292. The molecule has 23 nitrogen and oxygen atoms in total. The van der Waals surface area contributed by atoms with Gasteiger partial charge in [-0.2, -0.15) is 0 Å². The highest BCUT2D eigenvalue weighted by Gasteiger charge is 2.40. The number of H-pyrrole nitrogens is 1. The Morgan fingerprint density at radius 2 is 1.36 bits per heavy atom. The van der Waals surface area contributed by atoms with E-state index in [2.05, 4.69) is 47.2 Å². The average Bonchev–Trinajstić information content (AvgIpc) is 3.74. The lowest BCUT2D eigenvalue weighted by Crippen LogP contribution is -2.61. The van der Waals surface area contributed by atoms with Gasteiger partial charge in [0.15, 0.2) is 5.96 Å². The number of aromatic nitrogens is 1. The molecule has 1 fully saturated rings. The molecule has 398 valence electrons. The summed E-state index contributed by atoms with van der Waals surface area (Å²) < 4.78 is -1.14. The van der Waals surface area contributed by atoms with E-state index in [1.165, 1.54) is 17.7 Å². The summed E-state index contributed by atoms with van der Waals surface area (Å²) in [6.07, 6.45) is 2.09. The second kappa shape index (κ2) is 29.0. The standard InChI is InChI=1S/C48H70N14O9S2/c1-27(63)56-32(16-9-10-21-49)41(66)59-35-20-23-72-73-48(2,3)39(40(51)65)62-46(71)37(25-29-26-55-31-15-8-7-14-30(29)31)61-42(67)33(17-11-22-54-47(52)53)57-45(70)36(24-28-12-5-4-6-13-28)60-43(68)34(58-44(35)69)18-19-38(50)64/h4-8,12-15,26,32-37,39,55H,9-11,16-25,49H2,1-3H3,(H2,50,64)(H2,51,65)(H,56,63)(H,57,70)(H,58,69)(H,59,66)(H,60,68)(H,61,67)(H,62,71)(H4,52,53,54)/t32-,33-,34-,35-,36+,37-,39+/m0/s1. The second-order valence-electron chi connectivity index (χ2n) is 18.2. The first-order valence-corrected chi connectivity index (χ1v) is 26.3. The van der Waals surface area contributed by atoms with Crippen LogP contribution in [0.1, 0.15) is 83.3 Å². The number of nitrogens with one attached hydrogen (secondary N) is 8. The zero-order chi connectivity index (χ0) is 53.7. The maximum Gasteiger partial charge on any atom is 0.243 e. The van der Waals surface area contributed by atoms with E-state index in [4.69, 9.17) is 28.7 Å². The Hall–Kier alpha value is -6.86. The van der Waals surface area contributed by atoms with Crippen LogP contribution >= 0.6 is 21.6 Å². The van der Waals surface area contributed by atoms with Gasteiger partial charge in [-0.3, -0.25) is 48.1 Å². The first-order valence-electron chi connectivity index (χ1n) is 24.0. The molecule has 1 aliphatic rings. The zero-order valence-corrected chi connectivity index (χ0v) is 43.0. The molecule has 18 N–H and O–H groups in total. The average molecular weight is 1050 g/mol. The Morgan fingerprint density at radius 3 is 2.00 bits per heavy atom. The van der Waals surface area contributed by atoms with Crippen LogP contribution in [0.3, 0.4) is 0 Å².